The molecule has 1 aromatic rings. The van der Waals surface area contributed by atoms with E-state index in [0.717, 1.165) is 25.2 Å². The molecule has 3 heteroatoms. The van der Waals surface area contributed by atoms with Crippen molar-refractivity contribution in [3.8, 4) is 6.07 Å². The zero-order valence-electron chi connectivity index (χ0n) is 9.43. The van der Waals surface area contributed by atoms with E-state index in [-0.39, 0.29) is 6.10 Å². The number of aliphatic hydroxyl groups excluding tert-OH is 1. The van der Waals surface area contributed by atoms with Crippen LogP contribution in [-0.4, -0.2) is 24.3 Å². The Balaban J connectivity index is 2.16. The molecule has 0 bridgehead atoms. The van der Waals surface area contributed by atoms with Crippen LogP contribution in [0.1, 0.15) is 18.9 Å². The van der Waals surface area contributed by atoms with E-state index < -0.39 is 0 Å². The highest BCUT2D eigenvalue weighted by molar-refractivity contribution is 5.51. The second-order valence-electron chi connectivity index (χ2n) is 4.44. The zero-order valence-corrected chi connectivity index (χ0v) is 9.43. The number of aliphatic hydroxyl groups is 1. The van der Waals surface area contributed by atoms with Crippen LogP contribution in [0, 0.1) is 17.2 Å². The number of piperidine rings is 1. The summed E-state index contributed by atoms with van der Waals surface area (Å²) in [5.74, 6) is 0.291. The highest BCUT2D eigenvalue weighted by Gasteiger charge is 2.24. The lowest BCUT2D eigenvalue weighted by atomic mass is 9.96. The molecule has 2 atom stereocenters. The minimum atomic E-state index is -0.185. The summed E-state index contributed by atoms with van der Waals surface area (Å²) in [6.07, 6.45) is 0.619. The average molecular weight is 216 g/mol. The fraction of sp³-hybridized carbons (Fsp3) is 0.462. The predicted molar refractivity (Wildman–Crippen MR) is 63.2 cm³/mol. The molecule has 1 heterocycles. The normalized spacial score (nSPS) is 25.2. The summed E-state index contributed by atoms with van der Waals surface area (Å²) in [6.45, 7) is 3.78. The molecule has 2 rings (SSSR count). The Bertz CT molecular complexity index is 411. The number of benzene rings is 1. The molecular formula is C13H16N2O. The molecule has 16 heavy (non-hydrogen) atoms. The van der Waals surface area contributed by atoms with Crippen molar-refractivity contribution in [3.05, 3.63) is 29.8 Å². The highest BCUT2D eigenvalue weighted by atomic mass is 16.3. The van der Waals surface area contributed by atoms with Gasteiger partial charge in [0.1, 0.15) is 0 Å². The van der Waals surface area contributed by atoms with Crippen LogP contribution in [0.5, 0.6) is 0 Å². The van der Waals surface area contributed by atoms with E-state index in [1.54, 1.807) is 0 Å². The maximum absolute atomic E-state index is 9.66. The summed E-state index contributed by atoms with van der Waals surface area (Å²) < 4.78 is 0. The number of hydrogen-bond acceptors (Lipinski definition) is 3. The standard InChI is InChI=1S/C13H16N2O/c1-10-9-15(6-5-13(10)16)12-4-2-3-11(7-12)8-14/h2-4,7,10,13,16H,5-6,9H2,1H3. The van der Waals surface area contributed by atoms with Crippen LogP contribution >= 0.6 is 0 Å². The fourth-order valence-electron chi connectivity index (χ4n) is 2.14. The molecule has 1 aliphatic heterocycles. The Labute approximate surface area is 95.9 Å². The maximum Gasteiger partial charge on any atom is 0.0992 e. The SMILES string of the molecule is CC1CN(c2cccc(C#N)c2)CCC1O. The Kier molecular flexibility index (Phi) is 3.12. The third-order valence-corrected chi connectivity index (χ3v) is 3.20. The minimum Gasteiger partial charge on any atom is -0.393 e. The molecule has 84 valence electrons. The predicted octanol–water partition coefficient (Wildman–Crippen LogP) is 1.77. The first-order chi connectivity index (χ1) is 7.70. The second kappa shape index (κ2) is 4.54. The number of anilines is 1. The van der Waals surface area contributed by atoms with Crippen LogP contribution in [0.25, 0.3) is 0 Å². The molecule has 1 N–H and O–H groups in total. The van der Waals surface area contributed by atoms with E-state index >= 15 is 0 Å². The molecule has 1 aliphatic rings. The molecule has 1 saturated heterocycles. The van der Waals surface area contributed by atoms with Gasteiger partial charge >= 0.3 is 0 Å². The molecule has 0 saturated carbocycles. The summed E-state index contributed by atoms with van der Waals surface area (Å²) in [5, 5.41) is 18.5. The van der Waals surface area contributed by atoms with Gasteiger partial charge in [0.05, 0.1) is 17.7 Å². The molecule has 3 nitrogen and oxygen atoms in total. The largest absolute Gasteiger partial charge is 0.393 e. The number of hydrogen-bond donors (Lipinski definition) is 1. The van der Waals surface area contributed by atoms with Gasteiger partial charge in [-0.2, -0.15) is 5.26 Å². The van der Waals surface area contributed by atoms with Crippen molar-refractivity contribution >= 4 is 5.69 Å². The van der Waals surface area contributed by atoms with E-state index in [2.05, 4.69) is 17.9 Å². The van der Waals surface area contributed by atoms with Crippen molar-refractivity contribution in [3.63, 3.8) is 0 Å². The van der Waals surface area contributed by atoms with Gasteiger partial charge in [0.15, 0.2) is 0 Å². The molecule has 0 aliphatic carbocycles. The Morgan fingerprint density at radius 3 is 3.00 bits per heavy atom. The first-order valence-electron chi connectivity index (χ1n) is 5.64. The number of nitriles is 1. The lowest BCUT2D eigenvalue weighted by molar-refractivity contribution is 0.0971. The van der Waals surface area contributed by atoms with Crippen LogP contribution < -0.4 is 4.90 Å². The van der Waals surface area contributed by atoms with Crippen LogP contribution in [0.2, 0.25) is 0 Å². The fourth-order valence-corrected chi connectivity index (χ4v) is 2.14. The topological polar surface area (TPSA) is 47.3 Å². The van der Waals surface area contributed by atoms with Gasteiger partial charge in [0.25, 0.3) is 0 Å². The third-order valence-electron chi connectivity index (χ3n) is 3.20. The smallest absolute Gasteiger partial charge is 0.0992 e. The van der Waals surface area contributed by atoms with E-state index in [0.29, 0.717) is 11.5 Å². The number of rotatable bonds is 1. The van der Waals surface area contributed by atoms with E-state index in [1.165, 1.54) is 0 Å². The van der Waals surface area contributed by atoms with Crippen molar-refractivity contribution in [2.75, 3.05) is 18.0 Å². The summed E-state index contributed by atoms with van der Waals surface area (Å²) in [6, 6.07) is 9.79. The van der Waals surface area contributed by atoms with E-state index in [9.17, 15) is 5.11 Å². The lowest BCUT2D eigenvalue weighted by Gasteiger charge is -2.36. The Morgan fingerprint density at radius 1 is 1.50 bits per heavy atom. The van der Waals surface area contributed by atoms with Gasteiger partial charge in [-0.25, -0.2) is 0 Å². The van der Waals surface area contributed by atoms with Gasteiger partial charge in [-0.3, -0.25) is 0 Å². The van der Waals surface area contributed by atoms with E-state index in [1.807, 2.05) is 24.3 Å². The van der Waals surface area contributed by atoms with Gasteiger partial charge < -0.3 is 10.0 Å². The average Bonchev–Trinajstić information content (AvgIpc) is 2.33. The minimum absolute atomic E-state index is 0.185. The van der Waals surface area contributed by atoms with Crippen LogP contribution in [-0.2, 0) is 0 Å². The monoisotopic (exact) mass is 216 g/mol. The first-order valence-corrected chi connectivity index (χ1v) is 5.64. The maximum atomic E-state index is 9.66. The van der Waals surface area contributed by atoms with Crippen molar-refractivity contribution in [1.82, 2.24) is 0 Å². The van der Waals surface area contributed by atoms with Crippen LogP contribution in [0.15, 0.2) is 24.3 Å². The van der Waals surface area contributed by atoms with Gasteiger partial charge in [0.2, 0.25) is 0 Å². The number of nitrogens with zero attached hydrogens (tertiary/aromatic N) is 2. The van der Waals surface area contributed by atoms with Crippen LogP contribution in [0.3, 0.4) is 0 Å². The molecule has 1 fully saturated rings. The molecule has 1 aromatic carbocycles. The molecule has 2 unspecified atom stereocenters. The van der Waals surface area contributed by atoms with Crippen LogP contribution in [0.4, 0.5) is 5.69 Å². The summed E-state index contributed by atoms with van der Waals surface area (Å²) in [5.41, 5.74) is 1.77. The quantitative estimate of drug-likeness (QED) is 0.778. The molecule has 0 aromatic heterocycles. The first kappa shape index (κ1) is 11.0. The molecular weight excluding hydrogens is 200 g/mol. The van der Waals surface area contributed by atoms with Crippen molar-refractivity contribution < 1.29 is 5.11 Å². The van der Waals surface area contributed by atoms with Gasteiger partial charge in [-0.05, 0) is 30.5 Å². The third kappa shape index (κ3) is 2.17. The molecule has 0 spiro atoms. The van der Waals surface area contributed by atoms with Gasteiger partial charge in [-0.1, -0.05) is 13.0 Å². The highest BCUT2D eigenvalue weighted by Crippen LogP contribution is 2.23. The van der Waals surface area contributed by atoms with Crippen molar-refractivity contribution in [1.29, 1.82) is 5.26 Å². The summed E-state index contributed by atoms with van der Waals surface area (Å²) >= 11 is 0. The summed E-state index contributed by atoms with van der Waals surface area (Å²) in [7, 11) is 0. The second-order valence-corrected chi connectivity index (χ2v) is 4.44. The van der Waals surface area contributed by atoms with Crippen molar-refractivity contribution in [2.24, 2.45) is 5.92 Å². The molecule has 0 amide bonds. The zero-order chi connectivity index (χ0) is 11.5. The Morgan fingerprint density at radius 2 is 2.31 bits per heavy atom. The van der Waals surface area contributed by atoms with E-state index in [4.69, 9.17) is 5.26 Å². The summed E-state index contributed by atoms with van der Waals surface area (Å²) in [4.78, 5) is 2.23. The van der Waals surface area contributed by atoms with Gasteiger partial charge in [-0.15, -0.1) is 0 Å². The molecule has 0 radical (unpaired) electrons. The van der Waals surface area contributed by atoms with Crippen molar-refractivity contribution in [2.45, 2.75) is 19.4 Å². The lowest BCUT2D eigenvalue weighted by Crippen LogP contribution is -2.41. The van der Waals surface area contributed by atoms with Gasteiger partial charge in [0, 0.05) is 18.8 Å². The Hall–Kier alpha value is -1.53.